The molecule has 1 aromatic carbocycles. The van der Waals surface area contributed by atoms with Crippen LogP contribution < -0.4 is 10.1 Å². The first kappa shape index (κ1) is 17.7. The van der Waals surface area contributed by atoms with Gasteiger partial charge >= 0.3 is 0 Å². The minimum absolute atomic E-state index is 0.0823. The van der Waals surface area contributed by atoms with Gasteiger partial charge in [0.2, 0.25) is 0 Å². The summed E-state index contributed by atoms with van der Waals surface area (Å²) in [6, 6.07) is 10.7. The van der Waals surface area contributed by atoms with Gasteiger partial charge in [0.05, 0.1) is 17.8 Å². The summed E-state index contributed by atoms with van der Waals surface area (Å²) in [4.78, 5) is 16.7. The number of nitrogens with zero attached hydrogens (tertiary/aromatic N) is 1. The molecular weight excluding hydrogens is 340 g/mol. The van der Waals surface area contributed by atoms with Crippen molar-refractivity contribution >= 4 is 17.5 Å². The number of hydrogen-bond acceptors (Lipinski definition) is 4. The molecule has 1 fully saturated rings. The molecule has 0 spiro atoms. The average Bonchev–Trinajstić information content (AvgIpc) is 2.57. The van der Waals surface area contributed by atoms with Crippen LogP contribution in [0, 0.1) is 12.8 Å². The van der Waals surface area contributed by atoms with Gasteiger partial charge in [-0.2, -0.15) is 0 Å². The summed E-state index contributed by atoms with van der Waals surface area (Å²) >= 11 is 5.92. The lowest BCUT2D eigenvalue weighted by Gasteiger charge is -2.37. The minimum Gasteiger partial charge on any atom is -0.484 e. The van der Waals surface area contributed by atoms with E-state index < -0.39 is 0 Å². The maximum atomic E-state index is 12.4. The number of benzene rings is 1. The van der Waals surface area contributed by atoms with Gasteiger partial charge in [-0.05, 0) is 61.6 Å². The van der Waals surface area contributed by atoms with Crippen LogP contribution in [0.3, 0.4) is 0 Å². The Hall–Kier alpha value is -2.11. The summed E-state index contributed by atoms with van der Waals surface area (Å²) in [6.07, 6.45) is 2.75. The highest BCUT2D eigenvalue weighted by Gasteiger charge is 2.36. The lowest BCUT2D eigenvalue weighted by atomic mass is 9.76. The molecule has 1 aliphatic rings. The van der Waals surface area contributed by atoms with Crippen molar-refractivity contribution in [1.82, 2.24) is 10.3 Å². The number of ether oxygens (including phenoxy) is 1. The third-order valence-corrected chi connectivity index (χ3v) is 4.67. The van der Waals surface area contributed by atoms with Crippen LogP contribution in [0.1, 0.15) is 30.1 Å². The summed E-state index contributed by atoms with van der Waals surface area (Å²) in [5, 5.41) is 13.2. The van der Waals surface area contributed by atoms with Crippen molar-refractivity contribution in [3.8, 4) is 5.75 Å². The van der Waals surface area contributed by atoms with Crippen LogP contribution in [-0.2, 0) is 4.79 Å². The van der Waals surface area contributed by atoms with Gasteiger partial charge in [-0.1, -0.05) is 17.7 Å². The molecule has 1 amide bonds. The summed E-state index contributed by atoms with van der Waals surface area (Å²) in [5.41, 5.74) is 1.68. The molecule has 1 aliphatic carbocycles. The first-order valence-corrected chi connectivity index (χ1v) is 8.68. The highest BCUT2D eigenvalue weighted by molar-refractivity contribution is 6.30. The number of aliphatic hydroxyl groups excluding tert-OH is 1. The molecule has 5 nitrogen and oxygen atoms in total. The van der Waals surface area contributed by atoms with E-state index in [2.05, 4.69) is 10.3 Å². The van der Waals surface area contributed by atoms with E-state index in [1.54, 1.807) is 24.4 Å². The van der Waals surface area contributed by atoms with Gasteiger partial charge in [0.15, 0.2) is 6.61 Å². The number of hydrogen-bond donors (Lipinski definition) is 2. The first-order valence-electron chi connectivity index (χ1n) is 8.30. The Balaban J connectivity index is 1.62. The second-order valence-corrected chi connectivity index (χ2v) is 6.82. The molecule has 2 aromatic rings. The summed E-state index contributed by atoms with van der Waals surface area (Å²) in [7, 11) is 0. The predicted molar refractivity (Wildman–Crippen MR) is 95.5 cm³/mol. The highest BCUT2D eigenvalue weighted by atomic mass is 35.5. The van der Waals surface area contributed by atoms with Gasteiger partial charge in [-0.15, -0.1) is 0 Å². The fourth-order valence-electron chi connectivity index (χ4n) is 3.03. The lowest BCUT2D eigenvalue weighted by Crippen LogP contribution is -2.43. The molecule has 0 radical (unpaired) electrons. The normalized spacial score (nSPS) is 20.4. The third kappa shape index (κ3) is 4.50. The molecule has 1 heterocycles. The van der Waals surface area contributed by atoms with Gasteiger partial charge in [-0.25, -0.2) is 0 Å². The largest absolute Gasteiger partial charge is 0.484 e. The van der Waals surface area contributed by atoms with Crippen molar-refractivity contribution in [3.05, 3.63) is 58.9 Å². The Morgan fingerprint density at radius 1 is 1.40 bits per heavy atom. The molecule has 2 N–H and O–H groups in total. The standard InChI is InChI=1S/C19H21ClN2O3/c1-12-8-14(20)5-6-17(12)25-11-18(24)22-19(13-9-15(23)10-13)16-4-2-3-7-21-16/h2-8,13,15,19,23H,9-11H2,1H3,(H,22,24). The predicted octanol–water partition coefficient (Wildman–Crippen LogP) is 3.05. The molecule has 6 heteroatoms. The second kappa shape index (κ2) is 7.85. The SMILES string of the molecule is Cc1cc(Cl)ccc1OCC(=O)NC(c1ccccn1)C1CC(O)C1. The molecular formula is C19H21ClN2O3. The van der Waals surface area contributed by atoms with Crippen LogP contribution in [0.5, 0.6) is 5.75 Å². The Morgan fingerprint density at radius 3 is 2.84 bits per heavy atom. The summed E-state index contributed by atoms with van der Waals surface area (Å²) < 4.78 is 5.60. The van der Waals surface area contributed by atoms with Gasteiger partial charge in [0.25, 0.3) is 5.91 Å². The topological polar surface area (TPSA) is 71.5 Å². The zero-order valence-electron chi connectivity index (χ0n) is 14.0. The van der Waals surface area contributed by atoms with E-state index in [1.165, 1.54) is 0 Å². The summed E-state index contributed by atoms with van der Waals surface area (Å²) in [5.74, 6) is 0.602. The highest BCUT2D eigenvalue weighted by Crippen LogP contribution is 2.37. The number of aryl methyl sites for hydroxylation is 1. The number of halogens is 1. The van der Waals surface area contributed by atoms with Crippen LogP contribution in [0.4, 0.5) is 0 Å². The molecule has 25 heavy (non-hydrogen) atoms. The van der Waals surface area contributed by atoms with E-state index in [-0.39, 0.29) is 30.6 Å². The Bertz CT molecular complexity index is 733. The fraction of sp³-hybridized carbons (Fsp3) is 0.368. The van der Waals surface area contributed by atoms with E-state index in [0.717, 1.165) is 11.3 Å². The van der Waals surface area contributed by atoms with Crippen molar-refractivity contribution in [3.63, 3.8) is 0 Å². The molecule has 0 bridgehead atoms. The van der Waals surface area contributed by atoms with Gasteiger partial charge in [-0.3, -0.25) is 9.78 Å². The maximum absolute atomic E-state index is 12.4. The molecule has 3 rings (SSSR count). The number of rotatable bonds is 6. The molecule has 0 aliphatic heterocycles. The smallest absolute Gasteiger partial charge is 0.258 e. The van der Waals surface area contributed by atoms with Gasteiger partial charge in [0, 0.05) is 11.2 Å². The minimum atomic E-state index is -0.291. The number of carbonyl (C=O) groups excluding carboxylic acids is 1. The number of carbonyl (C=O) groups is 1. The molecule has 1 saturated carbocycles. The lowest BCUT2D eigenvalue weighted by molar-refractivity contribution is -0.125. The Labute approximate surface area is 152 Å². The summed E-state index contributed by atoms with van der Waals surface area (Å²) in [6.45, 7) is 1.80. The molecule has 1 atom stereocenters. The maximum Gasteiger partial charge on any atom is 0.258 e. The van der Waals surface area contributed by atoms with E-state index in [1.807, 2.05) is 25.1 Å². The fourth-order valence-corrected chi connectivity index (χ4v) is 3.26. The van der Waals surface area contributed by atoms with Crippen molar-refractivity contribution in [1.29, 1.82) is 0 Å². The zero-order valence-corrected chi connectivity index (χ0v) is 14.7. The van der Waals surface area contributed by atoms with Crippen LogP contribution >= 0.6 is 11.6 Å². The first-order chi connectivity index (χ1) is 12.0. The van der Waals surface area contributed by atoms with Crippen molar-refractivity contribution in [2.45, 2.75) is 31.9 Å². The van der Waals surface area contributed by atoms with Crippen LogP contribution in [0.15, 0.2) is 42.6 Å². The molecule has 1 aromatic heterocycles. The van der Waals surface area contributed by atoms with Crippen molar-refractivity contribution in [2.75, 3.05) is 6.61 Å². The zero-order chi connectivity index (χ0) is 17.8. The van der Waals surface area contributed by atoms with E-state index in [4.69, 9.17) is 16.3 Å². The van der Waals surface area contributed by atoms with E-state index in [9.17, 15) is 9.90 Å². The number of aliphatic hydroxyl groups is 1. The second-order valence-electron chi connectivity index (χ2n) is 6.38. The van der Waals surface area contributed by atoms with Crippen LogP contribution in [0.2, 0.25) is 5.02 Å². The van der Waals surface area contributed by atoms with E-state index in [0.29, 0.717) is 23.6 Å². The number of pyridine rings is 1. The number of aromatic nitrogens is 1. The third-order valence-electron chi connectivity index (χ3n) is 4.44. The monoisotopic (exact) mass is 360 g/mol. The van der Waals surface area contributed by atoms with Crippen molar-refractivity contribution < 1.29 is 14.6 Å². The van der Waals surface area contributed by atoms with Gasteiger partial charge in [0.1, 0.15) is 5.75 Å². The number of amides is 1. The average molecular weight is 361 g/mol. The van der Waals surface area contributed by atoms with Gasteiger partial charge < -0.3 is 15.2 Å². The Kier molecular flexibility index (Phi) is 5.56. The quantitative estimate of drug-likeness (QED) is 0.830. The Morgan fingerprint density at radius 2 is 2.20 bits per heavy atom. The van der Waals surface area contributed by atoms with E-state index >= 15 is 0 Å². The van der Waals surface area contributed by atoms with Crippen LogP contribution in [-0.4, -0.2) is 28.7 Å². The molecule has 132 valence electrons. The van der Waals surface area contributed by atoms with Crippen LogP contribution in [0.25, 0.3) is 0 Å². The van der Waals surface area contributed by atoms with Crippen molar-refractivity contribution in [2.24, 2.45) is 5.92 Å². The number of nitrogens with one attached hydrogen (secondary N) is 1. The molecule has 1 unspecified atom stereocenters. The molecule has 0 saturated heterocycles.